The molecule has 4 rings (SSSR count). The molecule has 0 atom stereocenters. The Labute approximate surface area is 175 Å². The number of sulfone groups is 1. The summed E-state index contributed by atoms with van der Waals surface area (Å²) in [6.45, 7) is 2.96. The topological polar surface area (TPSA) is 88.9 Å². The molecule has 1 aliphatic heterocycles. The molecule has 0 radical (unpaired) electrons. The molecule has 1 fully saturated rings. The van der Waals surface area contributed by atoms with Gasteiger partial charge in [-0.25, -0.2) is 8.42 Å². The molecule has 0 spiro atoms. The van der Waals surface area contributed by atoms with E-state index in [9.17, 15) is 13.2 Å². The molecule has 1 amide bonds. The van der Waals surface area contributed by atoms with Gasteiger partial charge < -0.3 is 19.4 Å². The summed E-state index contributed by atoms with van der Waals surface area (Å²) in [7, 11) is -3.54. The molecule has 1 N–H and O–H groups in total. The van der Waals surface area contributed by atoms with E-state index in [2.05, 4.69) is 10.2 Å². The molecule has 0 bridgehead atoms. The van der Waals surface area contributed by atoms with E-state index in [1.54, 1.807) is 24.3 Å². The molecule has 0 unspecified atom stereocenters. The lowest BCUT2D eigenvalue weighted by molar-refractivity contribution is 0.0995. The van der Waals surface area contributed by atoms with Crippen LogP contribution in [0, 0.1) is 0 Å². The lowest BCUT2D eigenvalue weighted by Crippen LogP contribution is -2.36. The van der Waals surface area contributed by atoms with Crippen molar-refractivity contribution in [3.8, 4) is 0 Å². The smallest absolute Gasteiger partial charge is 0.291 e. The third kappa shape index (κ3) is 4.72. The van der Waals surface area contributed by atoms with Gasteiger partial charge in [0.1, 0.15) is 11.5 Å². The van der Waals surface area contributed by atoms with Crippen molar-refractivity contribution < 1.29 is 22.4 Å². The minimum absolute atomic E-state index is 0.0602. The van der Waals surface area contributed by atoms with E-state index < -0.39 is 15.7 Å². The normalized spacial score (nSPS) is 14.5. The number of carbonyl (C=O) groups is 1. The van der Waals surface area contributed by atoms with E-state index in [0.717, 1.165) is 18.8 Å². The van der Waals surface area contributed by atoms with Crippen molar-refractivity contribution >= 4 is 27.1 Å². The number of morpholine rings is 1. The third-order valence-electron chi connectivity index (χ3n) is 4.80. The van der Waals surface area contributed by atoms with E-state index in [-0.39, 0.29) is 22.2 Å². The van der Waals surface area contributed by atoms with Crippen LogP contribution in [-0.4, -0.2) is 40.6 Å². The second-order valence-corrected chi connectivity index (χ2v) is 8.93. The Balaban J connectivity index is 1.43. The van der Waals surface area contributed by atoms with Crippen molar-refractivity contribution in [1.29, 1.82) is 0 Å². The number of furan rings is 1. The van der Waals surface area contributed by atoms with Crippen LogP contribution in [0.2, 0.25) is 0 Å². The van der Waals surface area contributed by atoms with Crippen molar-refractivity contribution in [2.24, 2.45) is 0 Å². The predicted octanol–water partition coefficient (Wildman–Crippen LogP) is 3.34. The van der Waals surface area contributed by atoms with Crippen LogP contribution in [-0.2, 0) is 20.3 Å². The standard InChI is InChI=1S/C22H22N2O5S/c25-22(23-17-5-4-6-18(15-17)24-11-13-28-14-12-24)21-10-9-19(29-21)16-30(26,27)20-7-2-1-3-8-20/h1-10,15H,11-14,16H2,(H,23,25). The Morgan fingerprint density at radius 3 is 2.50 bits per heavy atom. The largest absolute Gasteiger partial charge is 0.455 e. The van der Waals surface area contributed by atoms with Crippen molar-refractivity contribution in [3.05, 3.63) is 78.3 Å². The Kier molecular flexibility index (Phi) is 5.87. The van der Waals surface area contributed by atoms with Crippen LogP contribution in [0.4, 0.5) is 11.4 Å². The zero-order valence-corrected chi connectivity index (χ0v) is 17.1. The third-order valence-corrected chi connectivity index (χ3v) is 6.46. The first-order chi connectivity index (χ1) is 14.5. The van der Waals surface area contributed by atoms with Gasteiger partial charge >= 0.3 is 0 Å². The quantitative estimate of drug-likeness (QED) is 0.650. The van der Waals surface area contributed by atoms with Crippen LogP contribution >= 0.6 is 0 Å². The summed E-state index contributed by atoms with van der Waals surface area (Å²) in [5, 5.41) is 2.81. The van der Waals surface area contributed by atoms with Gasteiger partial charge in [0, 0.05) is 24.5 Å². The van der Waals surface area contributed by atoms with Crippen LogP contribution in [0.25, 0.3) is 0 Å². The van der Waals surface area contributed by atoms with Crippen molar-refractivity contribution in [1.82, 2.24) is 0 Å². The lowest BCUT2D eigenvalue weighted by atomic mass is 10.2. The first kappa shape index (κ1) is 20.2. The molecule has 156 valence electrons. The number of benzene rings is 2. The summed E-state index contributed by atoms with van der Waals surface area (Å²) in [6.07, 6.45) is 0. The summed E-state index contributed by atoms with van der Waals surface area (Å²) < 4.78 is 35.8. The number of ether oxygens (including phenoxy) is 1. The van der Waals surface area contributed by atoms with Gasteiger partial charge in [0.25, 0.3) is 5.91 Å². The lowest BCUT2D eigenvalue weighted by Gasteiger charge is -2.29. The van der Waals surface area contributed by atoms with E-state index in [0.29, 0.717) is 18.9 Å². The van der Waals surface area contributed by atoms with Gasteiger partial charge in [-0.3, -0.25) is 4.79 Å². The molecule has 1 aromatic heterocycles. The minimum atomic E-state index is -3.54. The van der Waals surface area contributed by atoms with E-state index in [1.165, 1.54) is 24.3 Å². The van der Waals surface area contributed by atoms with Gasteiger partial charge in [-0.05, 0) is 42.5 Å². The average molecular weight is 426 g/mol. The molecule has 2 heterocycles. The van der Waals surface area contributed by atoms with Crippen LogP contribution in [0.5, 0.6) is 0 Å². The summed E-state index contributed by atoms with van der Waals surface area (Å²) in [6, 6.07) is 18.7. The molecule has 0 saturated carbocycles. The molecule has 3 aromatic rings. The second kappa shape index (κ2) is 8.73. The molecular formula is C22H22N2O5S. The highest BCUT2D eigenvalue weighted by molar-refractivity contribution is 7.90. The Bertz CT molecular complexity index is 1120. The molecular weight excluding hydrogens is 404 g/mol. The van der Waals surface area contributed by atoms with E-state index >= 15 is 0 Å². The molecule has 1 saturated heterocycles. The Morgan fingerprint density at radius 2 is 1.73 bits per heavy atom. The maximum Gasteiger partial charge on any atom is 0.291 e. The average Bonchev–Trinajstić information content (AvgIpc) is 3.23. The van der Waals surface area contributed by atoms with Gasteiger partial charge in [-0.2, -0.15) is 0 Å². The molecule has 7 nitrogen and oxygen atoms in total. The Morgan fingerprint density at radius 1 is 0.967 bits per heavy atom. The van der Waals surface area contributed by atoms with E-state index in [4.69, 9.17) is 9.15 Å². The summed E-state index contributed by atoms with van der Waals surface area (Å²) in [4.78, 5) is 15.0. The van der Waals surface area contributed by atoms with Gasteiger partial charge in [0.15, 0.2) is 15.6 Å². The number of nitrogens with zero attached hydrogens (tertiary/aromatic N) is 1. The van der Waals surface area contributed by atoms with Gasteiger partial charge in [0.2, 0.25) is 0 Å². The molecule has 2 aromatic carbocycles. The fourth-order valence-corrected chi connectivity index (χ4v) is 4.54. The molecule has 0 aliphatic carbocycles. The highest BCUT2D eigenvalue weighted by atomic mass is 32.2. The number of hydrogen-bond donors (Lipinski definition) is 1. The minimum Gasteiger partial charge on any atom is -0.455 e. The maximum absolute atomic E-state index is 12.6. The number of rotatable bonds is 6. The zero-order chi connectivity index (χ0) is 21.0. The van der Waals surface area contributed by atoms with Crippen LogP contribution in [0.3, 0.4) is 0 Å². The number of nitrogens with one attached hydrogen (secondary N) is 1. The first-order valence-electron chi connectivity index (χ1n) is 9.62. The highest BCUT2D eigenvalue weighted by Crippen LogP contribution is 2.22. The summed E-state index contributed by atoms with van der Waals surface area (Å²) >= 11 is 0. The number of anilines is 2. The van der Waals surface area contributed by atoms with Crippen molar-refractivity contribution in [2.75, 3.05) is 36.5 Å². The monoisotopic (exact) mass is 426 g/mol. The fourth-order valence-electron chi connectivity index (χ4n) is 3.27. The fraction of sp³-hybridized carbons (Fsp3) is 0.227. The van der Waals surface area contributed by atoms with Crippen molar-refractivity contribution in [3.63, 3.8) is 0 Å². The second-order valence-electron chi connectivity index (χ2n) is 6.94. The van der Waals surface area contributed by atoms with Crippen LogP contribution in [0.1, 0.15) is 16.3 Å². The summed E-state index contributed by atoms with van der Waals surface area (Å²) in [5.74, 6) is -0.467. The highest BCUT2D eigenvalue weighted by Gasteiger charge is 2.19. The molecule has 1 aliphatic rings. The van der Waals surface area contributed by atoms with Crippen molar-refractivity contribution in [2.45, 2.75) is 10.6 Å². The predicted molar refractivity (Wildman–Crippen MR) is 113 cm³/mol. The number of amides is 1. The maximum atomic E-state index is 12.6. The number of carbonyl (C=O) groups excluding carboxylic acids is 1. The zero-order valence-electron chi connectivity index (χ0n) is 16.3. The van der Waals surface area contributed by atoms with Gasteiger partial charge in [-0.15, -0.1) is 0 Å². The van der Waals surface area contributed by atoms with Crippen LogP contribution < -0.4 is 10.2 Å². The Hall–Kier alpha value is -3.10. The summed E-state index contributed by atoms with van der Waals surface area (Å²) in [5.41, 5.74) is 1.64. The first-order valence-corrected chi connectivity index (χ1v) is 11.3. The van der Waals surface area contributed by atoms with Crippen LogP contribution in [0.15, 0.2) is 76.0 Å². The molecule has 30 heavy (non-hydrogen) atoms. The SMILES string of the molecule is O=C(Nc1cccc(N2CCOCC2)c1)c1ccc(CS(=O)(=O)c2ccccc2)o1. The number of hydrogen-bond acceptors (Lipinski definition) is 6. The van der Waals surface area contributed by atoms with E-state index in [1.807, 2.05) is 18.2 Å². The molecule has 8 heteroatoms. The van der Waals surface area contributed by atoms with Gasteiger partial charge in [-0.1, -0.05) is 24.3 Å². The van der Waals surface area contributed by atoms with Gasteiger partial charge in [0.05, 0.1) is 18.1 Å².